The van der Waals surface area contributed by atoms with Gasteiger partial charge in [-0.1, -0.05) is 6.92 Å². The molecule has 0 saturated carbocycles. The molecule has 0 aliphatic heterocycles. The third kappa shape index (κ3) is 4.26. The molecule has 5 nitrogen and oxygen atoms in total. The third-order valence-corrected chi connectivity index (χ3v) is 5.86. The van der Waals surface area contributed by atoms with E-state index in [-0.39, 0.29) is 17.5 Å². The summed E-state index contributed by atoms with van der Waals surface area (Å²) >= 11 is 0. The van der Waals surface area contributed by atoms with E-state index in [4.69, 9.17) is 5.73 Å². The first-order valence-electron chi connectivity index (χ1n) is 6.02. The molecular weight excluding hydrogens is 303 g/mol. The monoisotopic (exact) mass is 322 g/mol. The Balaban J connectivity index is 2.85. The maximum Gasteiger partial charge on any atom is 0.243 e. The predicted molar refractivity (Wildman–Crippen MR) is 78.9 cm³/mol. The predicted octanol–water partition coefficient (Wildman–Crippen LogP) is 1.15. The second kappa shape index (κ2) is 6.64. The first-order valence-corrected chi connectivity index (χ1v) is 9.13. The molecule has 0 aromatic heterocycles. The maximum atomic E-state index is 13.7. The van der Waals surface area contributed by atoms with Gasteiger partial charge in [0.15, 0.2) is 0 Å². The van der Waals surface area contributed by atoms with Crippen LogP contribution in [0.1, 0.15) is 18.9 Å². The summed E-state index contributed by atoms with van der Waals surface area (Å²) in [6.45, 7) is 3.45. The highest BCUT2D eigenvalue weighted by atomic mass is 32.2. The summed E-state index contributed by atoms with van der Waals surface area (Å²) in [5.74, 6) is -0.837. The van der Waals surface area contributed by atoms with Gasteiger partial charge in [-0.15, -0.1) is 0 Å². The number of nitrogens with one attached hydrogen (secondary N) is 1. The Kier molecular flexibility index (Phi) is 5.67. The summed E-state index contributed by atoms with van der Waals surface area (Å²) in [5.41, 5.74) is 6.30. The van der Waals surface area contributed by atoms with Crippen molar-refractivity contribution < 1.29 is 17.0 Å². The highest BCUT2D eigenvalue weighted by molar-refractivity contribution is 7.89. The number of nitrogen functional groups attached to an aromatic ring is 1. The zero-order chi connectivity index (χ0) is 15.5. The van der Waals surface area contributed by atoms with Crippen molar-refractivity contribution in [2.45, 2.75) is 30.4 Å². The fourth-order valence-electron chi connectivity index (χ4n) is 1.51. The molecule has 0 saturated heterocycles. The van der Waals surface area contributed by atoms with E-state index >= 15 is 0 Å². The highest BCUT2D eigenvalue weighted by Gasteiger charge is 2.20. The summed E-state index contributed by atoms with van der Waals surface area (Å²) in [6.07, 6.45) is 1.96. The quantitative estimate of drug-likeness (QED) is 0.769. The molecule has 0 amide bonds. The van der Waals surface area contributed by atoms with Crippen LogP contribution in [-0.2, 0) is 20.8 Å². The fraction of sp³-hybridized carbons (Fsp3) is 0.500. The molecular formula is C12H19FN2O3S2. The Morgan fingerprint density at radius 3 is 2.60 bits per heavy atom. The first kappa shape index (κ1) is 17.1. The van der Waals surface area contributed by atoms with Crippen LogP contribution in [0, 0.1) is 12.7 Å². The molecule has 3 N–H and O–H groups in total. The van der Waals surface area contributed by atoms with Crippen LogP contribution in [-0.4, -0.2) is 30.7 Å². The lowest BCUT2D eigenvalue weighted by Gasteiger charge is -2.11. The number of hydrogen-bond donors (Lipinski definition) is 2. The summed E-state index contributed by atoms with van der Waals surface area (Å²) < 4.78 is 51.1. The Morgan fingerprint density at radius 1 is 1.45 bits per heavy atom. The van der Waals surface area contributed by atoms with Gasteiger partial charge in [-0.2, -0.15) is 0 Å². The summed E-state index contributed by atoms with van der Waals surface area (Å²) in [5, 5.41) is -0.134. The zero-order valence-electron chi connectivity index (χ0n) is 11.6. The summed E-state index contributed by atoms with van der Waals surface area (Å²) in [4.78, 5) is -0.467. The van der Waals surface area contributed by atoms with Gasteiger partial charge in [0.2, 0.25) is 10.0 Å². The van der Waals surface area contributed by atoms with Crippen LogP contribution in [0.25, 0.3) is 0 Å². The Bertz CT molecular complexity index is 617. The lowest BCUT2D eigenvalue weighted by atomic mass is 10.2. The number of halogens is 1. The molecule has 0 spiro atoms. The van der Waals surface area contributed by atoms with Gasteiger partial charge in [0.1, 0.15) is 10.7 Å². The van der Waals surface area contributed by atoms with Crippen molar-refractivity contribution in [3.05, 3.63) is 23.5 Å². The molecule has 1 aromatic carbocycles. The van der Waals surface area contributed by atoms with E-state index in [9.17, 15) is 17.0 Å². The average Bonchev–Trinajstić information content (AvgIpc) is 2.33. The van der Waals surface area contributed by atoms with E-state index in [2.05, 4.69) is 4.72 Å². The van der Waals surface area contributed by atoms with Crippen molar-refractivity contribution in [1.29, 1.82) is 0 Å². The van der Waals surface area contributed by atoms with E-state index in [1.807, 2.05) is 0 Å². The van der Waals surface area contributed by atoms with Crippen molar-refractivity contribution in [2.75, 3.05) is 18.5 Å². The topological polar surface area (TPSA) is 89.3 Å². The molecule has 0 heterocycles. The van der Waals surface area contributed by atoms with E-state index in [1.165, 1.54) is 0 Å². The highest BCUT2D eigenvalue weighted by Crippen LogP contribution is 2.21. The van der Waals surface area contributed by atoms with Crippen LogP contribution in [0.3, 0.4) is 0 Å². The molecule has 1 rings (SSSR count). The van der Waals surface area contributed by atoms with Crippen molar-refractivity contribution in [3.8, 4) is 0 Å². The van der Waals surface area contributed by atoms with Crippen LogP contribution in [0.4, 0.5) is 10.1 Å². The Hall–Kier alpha value is -0.990. The molecule has 0 aliphatic carbocycles. The smallest absolute Gasteiger partial charge is 0.243 e. The molecule has 0 fully saturated rings. The second-order valence-electron chi connectivity index (χ2n) is 4.63. The average molecular weight is 322 g/mol. The zero-order valence-corrected chi connectivity index (χ0v) is 13.3. The van der Waals surface area contributed by atoms with E-state index in [0.717, 1.165) is 12.1 Å². The maximum absolute atomic E-state index is 13.7. The number of benzene rings is 1. The van der Waals surface area contributed by atoms with Gasteiger partial charge < -0.3 is 5.73 Å². The fourth-order valence-corrected chi connectivity index (χ4v) is 3.10. The van der Waals surface area contributed by atoms with Gasteiger partial charge >= 0.3 is 0 Å². The lowest BCUT2D eigenvalue weighted by Crippen LogP contribution is -2.28. The van der Waals surface area contributed by atoms with Crippen LogP contribution in [0.2, 0.25) is 0 Å². The van der Waals surface area contributed by atoms with Gasteiger partial charge in [0.25, 0.3) is 0 Å². The molecule has 114 valence electrons. The Morgan fingerprint density at radius 2 is 2.05 bits per heavy atom. The van der Waals surface area contributed by atoms with E-state index in [1.54, 1.807) is 20.1 Å². The van der Waals surface area contributed by atoms with Gasteiger partial charge in [-0.25, -0.2) is 17.5 Å². The van der Waals surface area contributed by atoms with Crippen LogP contribution < -0.4 is 10.5 Å². The number of rotatable bonds is 6. The summed E-state index contributed by atoms with van der Waals surface area (Å²) in [6, 6.07) is 2.20. The number of aryl methyl sites for hydroxylation is 1. The second-order valence-corrected chi connectivity index (χ2v) is 8.17. The first-order chi connectivity index (χ1) is 9.15. The van der Waals surface area contributed by atoms with Crippen LogP contribution in [0.15, 0.2) is 17.0 Å². The number of anilines is 1. The van der Waals surface area contributed by atoms with Crippen molar-refractivity contribution in [1.82, 2.24) is 4.72 Å². The minimum absolute atomic E-state index is 0.0936. The summed E-state index contributed by atoms with van der Waals surface area (Å²) in [7, 11) is -4.98. The van der Waals surface area contributed by atoms with Crippen LogP contribution >= 0.6 is 0 Å². The molecule has 8 heteroatoms. The molecule has 0 aliphatic rings. The van der Waals surface area contributed by atoms with E-state index < -0.39 is 31.5 Å². The normalized spacial score (nSPS) is 15.0. The molecule has 2 unspecified atom stereocenters. The van der Waals surface area contributed by atoms with Crippen molar-refractivity contribution in [3.63, 3.8) is 0 Å². The van der Waals surface area contributed by atoms with Crippen LogP contribution in [0.5, 0.6) is 0 Å². The molecule has 0 bridgehead atoms. The minimum atomic E-state index is -3.96. The number of hydrogen-bond acceptors (Lipinski definition) is 4. The third-order valence-electron chi connectivity index (χ3n) is 3.02. The molecule has 2 atom stereocenters. The van der Waals surface area contributed by atoms with E-state index in [0.29, 0.717) is 12.0 Å². The molecule has 0 radical (unpaired) electrons. The van der Waals surface area contributed by atoms with Gasteiger partial charge in [0, 0.05) is 34.5 Å². The minimum Gasteiger partial charge on any atom is -0.398 e. The Labute approximate surface area is 121 Å². The van der Waals surface area contributed by atoms with Crippen molar-refractivity contribution >= 4 is 26.5 Å². The standard InChI is InChI=1S/C12H19FN2O3S2/c1-8-6-10(13)12(7-11(8)14)20(17,18)15-5-4-9(2)19(3)16/h6-7,9,15H,4-5,14H2,1-3H3. The largest absolute Gasteiger partial charge is 0.398 e. The van der Waals surface area contributed by atoms with Gasteiger partial charge in [0.05, 0.1) is 0 Å². The molecule has 1 aromatic rings. The lowest BCUT2D eigenvalue weighted by molar-refractivity contribution is 0.554. The molecule has 20 heavy (non-hydrogen) atoms. The number of nitrogens with two attached hydrogens (primary N) is 1. The van der Waals surface area contributed by atoms with Gasteiger partial charge in [-0.3, -0.25) is 4.21 Å². The van der Waals surface area contributed by atoms with Gasteiger partial charge in [-0.05, 0) is 31.0 Å². The SMILES string of the molecule is Cc1cc(F)c(S(=O)(=O)NCCC(C)S(C)=O)cc1N. The number of sulfonamides is 1. The van der Waals surface area contributed by atoms with Crippen molar-refractivity contribution in [2.24, 2.45) is 0 Å².